The van der Waals surface area contributed by atoms with Crippen LogP contribution in [0, 0.1) is 0 Å². The molecule has 1 N–H and O–H groups in total. The minimum absolute atomic E-state index is 0.177. The molecule has 0 atom stereocenters. The van der Waals surface area contributed by atoms with Crippen molar-refractivity contribution < 1.29 is 4.79 Å². The maximum atomic E-state index is 11.9. The number of aromatic nitrogens is 1. The first-order chi connectivity index (χ1) is 8.66. The molecule has 0 aliphatic rings. The first-order valence-corrected chi connectivity index (χ1v) is 6.46. The highest BCUT2D eigenvalue weighted by atomic mass is 79.9. The van der Waals surface area contributed by atoms with Crippen molar-refractivity contribution in [3.63, 3.8) is 0 Å². The number of nitrogens with one attached hydrogen (secondary N) is 1. The van der Waals surface area contributed by atoms with Crippen LogP contribution in [-0.2, 0) is 6.54 Å². The number of nitrogens with zero attached hydrogens (tertiary/aromatic N) is 1. The smallest absolute Gasteiger partial charge is 0.253 e. The van der Waals surface area contributed by atoms with Gasteiger partial charge in [-0.15, -0.1) is 0 Å². The quantitative estimate of drug-likeness (QED) is 0.939. The van der Waals surface area contributed by atoms with Gasteiger partial charge in [0.15, 0.2) is 0 Å². The predicted octanol–water partition coefficient (Wildman–Crippen LogP) is 3.43. The van der Waals surface area contributed by atoms with Gasteiger partial charge in [-0.25, -0.2) is 0 Å². The lowest BCUT2D eigenvalue weighted by molar-refractivity contribution is 0.0950. The van der Waals surface area contributed by atoms with Gasteiger partial charge in [0.05, 0.1) is 5.56 Å². The lowest BCUT2D eigenvalue weighted by Gasteiger charge is -2.06. The molecule has 2 rings (SSSR count). The van der Waals surface area contributed by atoms with E-state index in [0.29, 0.717) is 17.1 Å². The Morgan fingerprint density at radius 2 is 2.11 bits per heavy atom. The van der Waals surface area contributed by atoms with Crippen LogP contribution in [0.15, 0.2) is 47.2 Å². The van der Waals surface area contributed by atoms with Gasteiger partial charge < -0.3 is 5.32 Å². The molecular weight excluding hydrogens is 316 g/mol. The zero-order valence-electron chi connectivity index (χ0n) is 9.36. The largest absolute Gasteiger partial charge is 0.348 e. The second kappa shape index (κ2) is 5.98. The first kappa shape index (κ1) is 13.1. The summed E-state index contributed by atoms with van der Waals surface area (Å²) in [6.07, 6.45) is 3.15. The van der Waals surface area contributed by atoms with Crippen molar-refractivity contribution in [2.75, 3.05) is 0 Å². The third kappa shape index (κ3) is 3.31. The van der Waals surface area contributed by atoms with Gasteiger partial charge in [0, 0.05) is 28.4 Å². The molecule has 1 heterocycles. The predicted molar refractivity (Wildman–Crippen MR) is 74.6 cm³/mol. The first-order valence-electron chi connectivity index (χ1n) is 5.29. The number of halogens is 2. The summed E-state index contributed by atoms with van der Waals surface area (Å²) in [5.41, 5.74) is 1.40. The van der Waals surface area contributed by atoms with Crippen molar-refractivity contribution in [3.8, 4) is 0 Å². The second-order valence-corrected chi connectivity index (χ2v) is 4.99. The Morgan fingerprint density at radius 3 is 2.83 bits per heavy atom. The number of carbonyl (C=O) groups excluding carboxylic acids is 1. The van der Waals surface area contributed by atoms with E-state index in [9.17, 15) is 4.79 Å². The number of carbonyl (C=O) groups is 1. The molecule has 0 saturated carbocycles. The van der Waals surface area contributed by atoms with Crippen molar-refractivity contribution in [3.05, 3.63) is 63.3 Å². The Bertz CT molecular complexity index is 574. The summed E-state index contributed by atoms with van der Waals surface area (Å²) in [4.78, 5) is 15.8. The van der Waals surface area contributed by atoms with Crippen LogP contribution in [0.25, 0.3) is 0 Å². The maximum absolute atomic E-state index is 11.9. The number of pyridine rings is 1. The standard InChI is InChI=1S/C13H10BrClN2O/c14-11-5-10(6-16-8-11)13(18)17-7-9-3-1-2-4-12(9)15/h1-6,8H,7H2,(H,17,18). The van der Waals surface area contributed by atoms with Gasteiger partial charge in [-0.2, -0.15) is 0 Å². The second-order valence-electron chi connectivity index (χ2n) is 3.67. The van der Waals surface area contributed by atoms with Crippen molar-refractivity contribution in [2.45, 2.75) is 6.54 Å². The summed E-state index contributed by atoms with van der Waals surface area (Å²) in [5.74, 6) is -0.177. The molecule has 5 heteroatoms. The summed E-state index contributed by atoms with van der Waals surface area (Å²) >= 11 is 9.28. The van der Waals surface area contributed by atoms with E-state index < -0.39 is 0 Å². The SMILES string of the molecule is O=C(NCc1ccccc1Cl)c1cncc(Br)c1. The van der Waals surface area contributed by atoms with E-state index in [1.807, 2.05) is 18.2 Å². The average molecular weight is 326 g/mol. The molecule has 0 unspecified atom stereocenters. The normalized spacial score (nSPS) is 10.1. The molecule has 1 aromatic carbocycles. The Kier molecular flexibility index (Phi) is 4.33. The summed E-state index contributed by atoms with van der Waals surface area (Å²) in [5, 5.41) is 3.44. The molecule has 92 valence electrons. The monoisotopic (exact) mass is 324 g/mol. The highest BCUT2D eigenvalue weighted by Gasteiger charge is 2.07. The fourth-order valence-corrected chi connectivity index (χ4v) is 2.02. The minimum Gasteiger partial charge on any atom is -0.348 e. The van der Waals surface area contributed by atoms with Gasteiger partial charge in [0.1, 0.15) is 0 Å². The van der Waals surface area contributed by atoms with E-state index >= 15 is 0 Å². The van der Waals surface area contributed by atoms with Crippen molar-refractivity contribution >= 4 is 33.4 Å². The van der Waals surface area contributed by atoms with Crippen LogP contribution >= 0.6 is 27.5 Å². The molecule has 1 aromatic heterocycles. The van der Waals surface area contributed by atoms with Crippen LogP contribution < -0.4 is 5.32 Å². The Labute approximate surface area is 118 Å². The molecule has 0 radical (unpaired) electrons. The van der Waals surface area contributed by atoms with E-state index in [0.717, 1.165) is 10.0 Å². The molecule has 0 aliphatic carbocycles. The number of amides is 1. The van der Waals surface area contributed by atoms with Gasteiger partial charge in [-0.3, -0.25) is 9.78 Å². The van der Waals surface area contributed by atoms with Crippen LogP contribution in [0.1, 0.15) is 15.9 Å². The molecule has 3 nitrogen and oxygen atoms in total. The van der Waals surface area contributed by atoms with Crippen LogP contribution in [-0.4, -0.2) is 10.9 Å². The third-order valence-corrected chi connectivity index (χ3v) is 3.17. The van der Waals surface area contributed by atoms with E-state index in [2.05, 4.69) is 26.2 Å². The Balaban J connectivity index is 2.03. The highest BCUT2D eigenvalue weighted by Crippen LogP contribution is 2.15. The highest BCUT2D eigenvalue weighted by molar-refractivity contribution is 9.10. The number of rotatable bonds is 3. The lowest BCUT2D eigenvalue weighted by Crippen LogP contribution is -2.23. The Morgan fingerprint density at radius 1 is 1.33 bits per heavy atom. The minimum atomic E-state index is -0.177. The zero-order chi connectivity index (χ0) is 13.0. The fraction of sp³-hybridized carbons (Fsp3) is 0.0769. The maximum Gasteiger partial charge on any atom is 0.253 e. The molecule has 2 aromatic rings. The summed E-state index contributed by atoms with van der Waals surface area (Å²) < 4.78 is 0.771. The molecule has 1 amide bonds. The topological polar surface area (TPSA) is 42.0 Å². The summed E-state index contributed by atoms with van der Waals surface area (Å²) in [6.45, 7) is 0.394. The fourth-order valence-electron chi connectivity index (χ4n) is 1.46. The van der Waals surface area contributed by atoms with Gasteiger partial charge >= 0.3 is 0 Å². The van der Waals surface area contributed by atoms with Crippen molar-refractivity contribution in [1.29, 1.82) is 0 Å². The molecule has 0 fully saturated rings. The van der Waals surface area contributed by atoms with Crippen LogP contribution in [0.4, 0.5) is 0 Å². The van der Waals surface area contributed by atoms with E-state index in [1.165, 1.54) is 6.20 Å². The molecule has 18 heavy (non-hydrogen) atoms. The van der Waals surface area contributed by atoms with Crippen molar-refractivity contribution in [1.82, 2.24) is 10.3 Å². The van der Waals surface area contributed by atoms with Gasteiger partial charge in [-0.05, 0) is 33.6 Å². The number of hydrogen-bond acceptors (Lipinski definition) is 2. The molecule has 0 aliphatic heterocycles. The molecule has 0 bridgehead atoms. The van der Waals surface area contributed by atoms with Gasteiger partial charge in [-0.1, -0.05) is 29.8 Å². The van der Waals surface area contributed by atoms with Gasteiger partial charge in [0.2, 0.25) is 0 Å². The number of benzene rings is 1. The molecule has 0 saturated heterocycles. The third-order valence-electron chi connectivity index (χ3n) is 2.36. The zero-order valence-corrected chi connectivity index (χ0v) is 11.7. The molecule has 0 spiro atoms. The lowest BCUT2D eigenvalue weighted by atomic mass is 10.2. The average Bonchev–Trinajstić information content (AvgIpc) is 2.37. The summed E-state index contributed by atoms with van der Waals surface area (Å²) in [7, 11) is 0. The Hall–Kier alpha value is -1.39. The van der Waals surface area contributed by atoms with E-state index in [-0.39, 0.29) is 5.91 Å². The van der Waals surface area contributed by atoms with Gasteiger partial charge in [0.25, 0.3) is 5.91 Å². The van der Waals surface area contributed by atoms with E-state index in [4.69, 9.17) is 11.6 Å². The molecular formula is C13H10BrClN2O. The summed E-state index contributed by atoms with van der Waals surface area (Å²) in [6, 6.07) is 9.13. The number of hydrogen-bond donors (Lipinski definition) is 1. The van der Waals surface area contributed by atoms with Crippen LogP contribution in [0.5, 0.6) is 0 Å². The van der Waals surface area contributed by atoms with Crippen molar-refractivity contribution in [2.24, 2.45) is 0 Å². The van der Waals surface area contributed by atoms with Crippen LogP contribution in [0.3, 0.4) is 0 Å². The van der Waals surface area contributed by atoms with Crippen LogP contribution in [0.2, 0.25) is 5.02 Å². The van der Waals surface area contributed by atoms with E-state index in [1.54, 1.807) is 18.3 Å².